The first-order valence-electron chi connectivity index (χ1n) is 18.2. The zero-order chi connectivity index (χ0) is 34.6. The van der Waals surface area contributed by atoms with E-state index in [9.17, 15) is 0 Å². The summed E-state index contributed by atoms with van der Waals surface area (Å²) in [4.78, 5) is 0. The Morgan fingerprint density at radius 2 is 0.827 bits per heavy atom. The fourth-order valence-corrected chi connectivity index (χ4v) is 10.4. The van der Waals surface area contributed by atoms with Gasteiger partial charge in [-0.2, -0.15) is 0 Å². The van der Waals surface area contributed by atoms with Crippen LogP contribution in [0.25, 0.3) is 97.0 Å². The van der Waals surface area contributed by atoms with Gasteiger partial charge in [0.25, 0.3) is 0 Å². The van der Waals surface area contributed by atoms with Crippen LogP contribution in [0.1, 0.15) is 25.0 Å². The van der Waals surface area contributed by atoms with Gasteiger partial charge in [0.15, 0.2) is 0 Å². The Kier molecular flexibility index (Phi) is 6.27. The lowest BCUT2D eigenvalue weighted by Crippen LogP contribution is -2.15. The lowest BCUT2D eigenvalue weighted by Gasteiger charge is -2.23. The second kappa shape index (κ2) is 11.0. The molecule has 0 fully saturated rings. The maximum Gasteiger partial charge on any atom is 0.0434 e. The molecule has 52 heavy (non-hydrogen) atoms. The van der Waals surface area contributed by atoms with Crippen molar-refractivity contribution in [3.8, 4) is 44.5 Å². The average Bonchev–Trinajstić information content (AvgIpc) is 3.69. The molecule has 0 aliphatic heterocycles. The summed E-state index contributed by atoms with van der Waals surface area (Å²) in [5.74, 6) is 0. The molecule has 1 aliphatic carbocycles. The molecule has 11 rings (SSSR count). The number of hydrogen-bond acceptors (Lipinski definition) is 1. The first-order valence-corrected chi connectivity index (χ1v) is 19.0. The van der Waals surface area contributed by atoms with Crippen LogP contribution < -0.4 is 0 Å². The van der Waals surface area contributed by atoms with Gasteiger partial charge >= 0.3 is 0 Å². The minimum atomic E-state index is -0.129. The summed E-state index contributed by atoms with van der Waals surface area (Å²) in [6, 6.07) is 63.4. The van der Waals surface area contributed by atoms with E-state index in [1.807, 2.05) is 11.3 Å². The molecule has 0 amide bonds. The molecule has 0 unspecified atom stereocenters. The number of hydrogen-bond donors (Lipinski definition) is 0. The third-order valence-electron chi connectivity index (χ3n) is 11.7. The van der Waals surface area contributed by atoms with Crippen LogP contribution in [-0.2, 0) is 5.41 Å². The van der Waals surface area contributed by atoms with Crippen molar-refractivity contribution in [3.05, 3.63) is 181 Å². The maximum absolute atomic E-state index is 2.50. The summed E-state index contributed by atoms with van der Waals surface area (Å²) in [6.07, 6.45) is 0. The van der Waals surface area contributed by atoms with E-state index in [1.54, 1.807) is 0 Å². The highest BCUT2D eigenvalue weighted by atomic mass is 32.1. The molecule has 1 aromatic heterocycles. The molecular formula is C51H34S. The van der Waals surface area contributed by atoms with Gasteiger partial charge in [-0.25, -0.2) is 0 Å². The summed E-state index contributed by atoms with van der Waals surface area (Å²) in [6.45, 7) is 4.81. The summed E-state index contributed by atoms with van der Waals surface area (Å²) >= 11 is 1.92. The Morgan fingerprint density at radius 1 is 0.346 bits per heavy atom. The standard InChI is InChI=1S/C51H34S/c1-51(2)44-29-28-42-40(26-27-41-35-14-10-11-19-46(35)52-50(41)42)49(44)43-25-24-34(30-45(43)51)48-38-17-8-6-15-36(38)47(37-16-7-9-18-39(37)48)33-22-20-32(21-23-33)31-12-4-3-5-13-31/h3-30H,1-2H3. The van der Waals surface area contributed by atoms with E-state index in [0.717, 1.165) is 0 Å². The Morgan fingerprint density at radius 3 is 1.52 bits per heavy atom. The highest BCUT2D eigenvalue weighted by Gasteiger charge is 2.37. The van der Waals surface area contributed by atoms with Crippen LogP contribution in [-0.4, -0.2) is 0 Å². The van der Waals surface area contributed by atoms with E-state index in [1.165, 1.54) is 108 Å². The molecule has 1 heteroatoms. The second-order valence-electron chi connectivity index (χ2n) is 14.8. The third-order valence-corrected chi connectivity index (χ3v) is 12.9. The fraction of sp³-hybridized carbons (Fsp3) is 0.0588. The van der Waals surface area contributed by atoms with Crippen LogP contribution in [0.2, 0.25) is 0 Å². The van der Waals surface area contributed by atoms with Gasteiger partial charge in [-0.1, -0.05) is 172 Å². The van der Waals surface area contributed by atoms with Crippen molar-refractivity contribution >= 4 is 63.8 Å². The molecule has 10 aromatic rings. The number of rotatable bonds is 3. The Bertz CT molecular complexity index is 3010. The SMILES string of the molecule is CC1(C)c2cc(-c3c4ccccc4c(-c4ccc(-c5ccccc5)cc4)c4ccccc34)ccc2-c2c1ccc1c2ccc2c3ccccc3sc12. The third kappa shape index (κ3) is 4.15. The van der Waals surface area contributed by atoms with Crippen molar-refractivity contribution in [1.29, 1.82) is 0 Å². The van der Waals surface area contributed by atoms with Gasteiger partial charge in [-0.3, -0.25) is 0 Å². The first kappa shape index (κ1) is 29.7. The van der Waals surface area contributed by atoms with Gasteiger partial charge in [0, 0.05) is 31.0 Å². The average molecular weight is 679 g/mol. The van der Waals surface area contributed by atoms with Gasteiger partial charge in [0.05, 0.1) is 0 Å². The van der Waals surface area contributed by atoms with E-state index >= 15 is 0 Å². The van der Waals surface area contributed by atoms with Gasteiger partial charge in [-0.05, 0) is 94.7 Å². The molecule has 1 heterocycles. The number of benzene rings is 9. The lowest BCUT2D eigenvalue weighted by molar-refractivity contribution is 0.661. The van der Waals surface area contributed by atoms with E-state index in [2.05, 4.69) is 184 Å². The predicted molar refractivity (Wildman–Crippen MR) is 226 cm³/mol. The van der Waals surface area contributed by atoms with Crippen LogP contribution in [0.5, 0.6) is 0 Å². The molecule has 9 aromatic carbocycles. The van der Waals surface area contributed by atoms with Crippen LogP contribution in [0.4, 0.5) is 0 Å². The molecule has 0 N–H and O–H groups in total. The normalized spacial score (nSPS) is 13.3. The molecular weight excluding hydrogens is 645 g/mol. The number of thiophene rings is 1. The molecule has 244 valence electrons. The summed E-state index contributed by atoms with van der Waals surface area (Å²) in [7, 11) is 0. The Balaban J connectivity index is 1.11. The van der Waals surface area contributed by atoms with E-state index in [-0.39, 0.29) is 5.41 Å². The van der Waals surface area contributed by atoms with Crippen molar-refractivity contribution in [2.45, 2.75) is 19.3 Å². The van der Waals surface area contributed by atoms with Gasteiger partial charge in [0.1, 0.15) is 0 Å². The molecule has 1 aliphatic rings. The van der Waals surface area contributed by atoms with Gasteiger partial charge in [0.2, 0.25) is 0 Å². The first-order chi connectivity index (χ1) is 25.6. The molecule has 0 nitrogen and oxygen atoms in total. The molecule has 0 saturated carbocycles. The van der Waals surface area contributed by atoms with Gasteiger partial charge in [-0.15, -0.1) is 11.3 Å². The van der Waals surface area contributed by atoms with Crippen LogP contribution >= 0.6 is 11.3 Å². The summed E-state index contributed by atoms with van der Waals surface area (Å²) in [5.41, 5.74) is 13.0. The smallest absolute Gasteiger partial charge is 0.0434 e. The maximum atomic E-state index is 2.50. The van der Waals surface area contributed by atoms with Crippen LogP contribution in [0, 0.1) is 0 Å². The van der Waals surface area contributed by atoms with Crippen molar-refractivity contribution in [2.24, 2.45) is 0 Å². The van der Waals surface area contributed by atoms with Crippen LogP contribution in [0.15, 0.2) is 170 Å². The van der Waals surface area contributed by atoms with E-state index in [4.69, 9.17) is 0 Å². The quantitative estimate of drug-likeness (QED) is 0.163. The predicted octanol–water partition coefficient (Wildman–Crippen LogP) is 14.8. The zero-order valence-electron chi connectivity index (χ0n) is 29.1. The zero-order valence-corrected chi connectivity index (χ0v) is 29.9. The molecule has 0 atom stereocenters. The second-order valence-corrected chi connectivity index (χ2v) is 15.8. The Hall–Kier alpha value is -6.02. The topological polar surface area (TPSA) is 0 Å². The molecule has 0 spiro atoms. The lowest BCUT2D eigenvalue weighted by atomic mass is 9.80. The highest BCUT2D eigenvalue weighted by molar-refractivity contribution is 7.26. The van der Waals surface area contributed by atoms with Crippen molar-refractivity contribution < 1.29 is 0 Å². The molecule has 0 radical (unpaired) electrons. The van der Waals surface area contributed by atoms with Crippen molar-refractivity contribution in [1.82, 2.24) is 0 Å². The highest BCUT2D eigenvalue weighted by Crippen LogP contribution is 2.54. The van der Waals surface area contributed by atoms with Crippen molar-refractivity contribution in [2.75, 3.05) is 0 Å². The molecule has 0 bridgehead atoms. The van der Waals surface area contributed by atoms with Gasteiger partial charge < -0.3 is 0 Å². The Labute approximate surface area is 307 Å². The largest absolute Gasteiger partial charge is 0.135 e. The molecule has 0 saturated heterocycles. The van der Waals surface area contributed by atoms with Crippen molar-refractivity contribution in [3.63, 3.8) is 0 Å². The monoisotopic (exact) mass is 678 g/mol. The minimum absolute atomic E-state index is 0.129. The summed E-state index contributed by atoms with van der Waals surface area (Å²) < 4.78 is 2.74. The minimum Gasteiger partial charge on any atom is -0.135 e. The fourth-order valence-electron chi connectivity index (χ4n) is 9.19. The van der Waals surface area contributed by atoms with E-state index < -0.39 is 0 Å². The van der Waals surface area contributed by atoms with Crippen LogP contribution in [0.3, 0.4) is 0 Å². The number of fused-ring (bicyclic) bond motifs is 11. The summed E-state index contributed by atoms with van der Waals surface area (Å²) in [5, 5.41) is 10.6. The van der Waals surface area contributed by atoms with E-state index in [0.29, 0.717) is 0 Å².